The highest BCUT2D eigenvalue weighted by Gasteiger charge is 2.49. The minimum absolute atomic E-state index is 0.0631. The number of allylic oxidation sites excluding steroid dienone is 5. The van der Waals surface area contributed by atoms with Gasteiger partial charge in [0.15, 0.2) is 17.4 Å². The van der Waals surface area contributed by atoms with Crippen molar-refractivity contribution in [3.63, 3.8) is 0 Å². The highest BCUT2D eigenvalue weighted by Crippen LogP contribution is 2.38. The van der Waals surface area contributed by atoms with Gasteiger partial charge in [0, 0.05) is 49.5 Å². The molecule has 2 fully saturated rings. The number of Topliss-reactive ketones (excluding diaryl/α,β-unsaturated/α-hetero) is 1. The Labute approximate surface area is 470 Å². The van der Waals surface area contributed by atoms with Gasteiger partial charge < -0.3 is 56.1 Å². The third-order valence-corrected chi connectivity index (χ3v) is 16.6. The Morgan fingerprint density at radius 3 is 2.29 bits per heavy atom. The molecule has 1 aromatic rings. The van der Waals surface area contributed by atoms with Gasteiger partial charge >= 0.3 is 5.97 Å². The first kappa shape index (κ1) is 67.1. The number of fused-ring (bicyclic) bond motifs is 2. The van der Waals surface area contributed by atoms with Crippen molar-refractivity contribution in [1.82, 2.24) is 26.4 Å². The molecule has 16 atom stereocenters. The number of phenols is 1. The predicted molar refractivity (Wildman–Crippen MR) is 297 cm³/mol. The summed E-state index contributed by atoms with van der Waals surface area (Å²) in [6.07, 6.45) is 10.1. The van der Waals surface area contributed by atoms with Gasteiger partial charge in [0.1, 0.15) is 35.7 Å². The molecule has 12 unspecified atom stereocenters. The number of hydrogen-bond donors (Lipinski definition) is 10. The van der Waals surface area contributed by atoms with Crippen LogP contribution in [0.5, 0.6) is 5.75 Å². The maximum absolute atomic E-state index is 14.6. The monoisotopic (exact) mass is 1130 g/mol. The number of aliphatic hydroxyl groups excluding tert-OH is 4. The van der Waals surface area contributed by atoms with Crippen LogP contribution in [0.3, 0.4) is 0 Å². The average Bonchev–Trinajstić information content (AvgIpc) is 3.43. The summed E-state index contributed by atoms with van der Waals surface area (Å²) in [5, 5.41) is 76.1. The van der Waals surface area contributed by atoms with Crippen LogP contribution in [-0.4, -0.2) is 132 Å². The summed E-state index contributed by atoms with van der Waals surface area (Å²) >= 11 is 0. The molecule has 0 radical (unpaired) electrons. The van der Waals surface area contributed by atoms with E-state index in [1.54, 1.807) is 52.0 Å². The minimum Gasteiger partial charge on any atom is -0.505 e. The second-order valence-electron chi connectivity index (χ2n) is 23.2. The van der Waals surface area contributed by atoms with Gasteiger partial charge in [-0.05, 0) is 113 Å². The Bertz CT molecular complexity index is 2380. The molecule has 4 amide bonds. The number of ether oxygens (including phenoxy) is 1. The fourth-order valence-electron chi connectivity index (χ4n) is 10.8. The Morgan fingerprint density at radius 1 is 0.938 bits per heavy atom. The first-order chi connectivity index (χ1) is 37.6. The number of nitrogens with zero attached hydrogens (tertiary/aromatic N) is 1. The van der Waals surface area contributed by atoms with E-state index in [0.29, 0.717) is 50.5 Å². The number of esters is 1. The normalized spacial score (nSPS) is 30.9. The first-order valence-electron chi connectivity index (χ1n) is 28.6. The Hall–Kier alpha value is -5.38. The van der Waals surface area contributed by atoms with Gasteiger partial charge in [-0.1, -0.05) is 97.9 Å². The molecule has 10 N–H and O–H groups in total. The van der Waals surface area contributed by atoms with Crippen molar-refractivity contribution < 1.29 is 72.9 Å². The SMILES string of the molecule is CCC1C[C@H](C)[C@@](O)(C(C)C(O)C(C)CCC(O)C(C)CC/C=C/C=C(\C)[C@@H]2C/C=C/C=C/[C@H](O)C(C)C(O)C(CCC(C)=O)C(=O)NC(C(C)C)C(=O)NC(Cc3cc(O)c(F)c(F)c3)C(=O)N3CCCC(N3)C(=O)O2)NC1=O. The number of rotatable bonds is 19. The maximum Gasteiger partial charge on any atom is 0.325 e. The number of hydrogen-bond acceptors (Lipinski definition) is 14. The summed E-state index contributed by atoms with van der Waals surface area (Å²) in [4.78, 5) is 81.6. The van der Waals surface area contributed by atoms with Crippen molar-refractivity contribution in [3.05, 3.63) is 77.4 Å². The van der Waals surface area contributed by atoms with Crippen LogP contribution in [0.25, 0.3) is 0 Å². The number of hydrazine groups is 1. The lowest BCUT2D eigenvalue weighted by Crippen LogP contribution is -2.65. The lowest BCUT2D eigenvalue weighted by Gasteiger charge is -2.47. The van der Waals surface area contributed by atoms with E-state index in [9.17, 15) is 68.2 Å². The zero-order chi connectivity index (χ0) is 59.8. The van der Waals surface area contributed by atoms with Crippen LogP contribution < -0.4 is 21.4 Å². The molecule has 4 rings (SSSR count). The number of carbonyl (C=O) groups excluding carboxylic acids is 6. The van der Waals surface area contributed by atoms with Crippen LogP contribution in [0, 0.1) is 59.0 Å². The van der Waals surface area contributed by atoms with Crippen LogP contribution in [-0.2, 0) is 39.9 Å². The fraction of sp³-hybridized carbons (Fsp3) is 0.667. The number of phenolic OH excluding ortho intramolecular Hbond substituents is 1. The van der Waals surface area contributed by atoms with Crippen molar-refractivity contribution in [2.24, 2.45) is 47.3 Å². The van der Waals surface area contributed by atoms with Gasteiger partial charge in [-0.15, -0.1) is 0 Å². The van der Waals surface area contributed by atoms with Gasteiger partial charge in [-0.3, -0.25) is 29.0 Å². The molecular formula is C60H91F2N5O13. The molecule has 80 heavy (non-hydrogen) atoms. The van der Waals surface area contributed by atoms with Crippen LogP contribution in [0.15, 0.2) is 60.2 Å². The number of benzene rings is 1. The largest absolute Gasteiger partial charge is 0.505 e. The number of piperidine rings is 1. The number of cyclic esters (lactones) is 1. The third-order valence-electron chi connectivity index (χ3n) is 16.6. The van der Waals surface area contributed by atoms with E-state index in [1.165, 1.54) is 19.9 Å². The summed E-state index contributed by atoms with van der Waals surface area (Å²) < 4.78 is 34.9. The molecule has 18 nitrogen and oxygen atoms in total. The molecule has 0 aromatic heterocycles. The van der Waals surface area contributed by atoms with Gasteiger partial charge in [0.05, 0.1) is 30.3 Å². The zero-order valence-corrected chi connectivity index (χ0v) is 48.4. The molecule has 0 saturated carbocycles. The van der Waals surface area contributed by atoms with Crippen molar-refractivity contribution in [3.8, 4) is 5.75 Å². The summed E-state index contributed by atoms with van der Waals surface area (Å²) in [7, 11) is 0. The number of amides is 4. The molecule has 3 aliphatic rings. The van der Waals surface area contributed by atoms with E-state index in [2.05, 4.69) is 21.4 Å². The summed E-state index contributed by atoms with van der Waals surface area (Å²) in [6, 6.07) is -2.23. The maximum atomic E-state index is 14.6. The predicted octanol–water partition coefficient (Wildman–Crippen LogP) is 5.67. The van der Waals surface area contributed by atoms with Crippen LogP contribution in [0.1, 0.15) is 145 Å². The molecule has 2 bridgehead atoms. The molecule has 2 saturated heterocycles. The Morgan fingerprint density at radius 2 is 1.64 bits per heavy atom. The van der Waals surface area contributed by atoms with Crippen LogP contribution in [0.2, 0.25) is 0 Å². The quantitative estimate of drug-likeness (QED) is 0.0591. The lowest BCUT2D eigenvalue weighted by molar-refractivity contribution is -0.170. The van der Waals surface area contributed by atoms with Crippen molar-refractivity contribution in [1.29, 1.82) is 0 Å². The number of aliphatic hydroxyl groups is 5. The second-order valence-corrected chi connectivity index (χ2v) is 23.2. The van der Waals surface area contributed by atoms with Gasteiger partial charge in [0.25, 0.3) is 5.91 Å². The number of halogens is 2. The van der Waals surface area contributed by atoms with E-state index in [1.807, 2.05) is 39.8 Å². The number of ketones is 1. The molecule has 3 heterocycles. The first-order valence-corrected chi connectivity index (χ1v) is 28.6. The van der Waals surface area contributed by atoms with Crippen LogP contribution in [0.4, 0.5) is 8.78 Å². The fourth-order valence-corrected chi connectivity index (χ4v) is 10.8. The van der Waals surface area contributed by atoms with Crippen molar-refractivity contribution in [2.75, 3.05) is 6.54 Å². The van der Waals surface area contributed by atoms with Crippen molar-refractivity contribution >= 4 is 35.4 Å². The number of aromatic hydroxyl groups is 1. The average molecular weight is 1130 g/mol. The highest BCUT2D eigenvalue weighted by atomic mass is 19.2. The van der Waals surface area contributed by atoms with Gasteiger partial charge in [0.2, 0.25) is 17.7 Å². The van der Waals surface area contributed by atoms with E-state index in [4.69, 9.17) is 4.74 Å². The molecule has 1 aromatic carbocycles. The molecule has 0 spiro atoms. The lowest BCUT2D eigenvalue weighted by atomic mass is 9.72. The molecular weight excluding hydrogens is 1040 g/mol. The number of carbonyl (C=O) groups is 6. The molecule has 448 valence electrons. The Balaban J connectivity index is 1.55. The second kappa shape index (κ2) is 31.2. The summed E-state index contributed by atoms with van der Waals surface area (Å²) in [5.41, 5.74) is 1.97. The van der Waals surface area contributed by atoms with Crippen molar-refractivity contribution in [2.45, 2.75) is 201 Å². The molecule has 3 aliphatic heterocycles. The third kappa shape index (κ3) is 18.6. The zero-order valence-electron chi connectivity index (χ0n) is 48.4. The molecule has 0 aliphatic carbocycles. The smallest absolute Gasteiger partial charge is 0.325 e. The van der Waals surface area contributed by atoms with E-state index >= 15 is 0 Å². The standard InChI is InChI=1S/C60H91F2N5O13/c1-11-42-29-37(7)60(79,65-55(42)74)40(10)53(72)36(6)24-27-47(69)34(4)19-14-12-15-20-35(5)50-23-17-13-16-22-48(70)39(9)54(73)43(26-25-38(8)68)56(75)64-52(33(2)3)57(76)63-46(31-41-30-44(61)51(62)49(71)32-41)58(77)67-28-18-21-45(66-67)59(78)80-50/h12-13,15-17,20,22,30,32-34,36-37,39-40,42-43,45-48,50,52-54,66,69-73,79H,11,14,18-19,21,23-29,31H2,1-10H3,(H,63,76)(H,64,75)(H,65,74)/b15-12+,17-13+,22-16+,35-20+/t34?,36?,37-,39?,40?,42?,43?,45?,46?,47?,48-,50-,52?,53?,54?,60+/m0/s1. The summed E-state index contributed by atoms with van der Waals surface area (Å²) in [5.74, 6) is -11.8. The molecule has 20 heteroatoms. The highest BCUT2D eigenvalue weighted by molar-refractivity contribution is 5.93. The van der Waals surface area contributed by atoms with Gasteiger partial charge in [-0.25, -0.2) is 9.82 Å². The van der Waals surface area contributed by atoms with E-state index in [0.717, 1.165) is 17.1 Å². The van der Waals surface area contributed by atoms with E-state index in [-0.39, 0.29) is 73.2 Å². The topological polar surface area (TPSA) is 284 Å². The number of nitrogens with one attached hydrogen (secondary N) is 4. The van der Waals surface area contributed by atoms with Crippen LogP contribution >= 0.6 is 0 Å². The minimum atomic E-state index is -1.54. The summed E-state index contributed by atoms with van der Waals surface area (Å²) in [6.45, 7) is 17.3. The van der Waals surface area contributed by atoms with Gasteiger partial charge in [-0.2, -0.15) is 4.39 Å². The van der Waals surface area contributed by atoms with E-state index < -0.39 is 126 Å². The Kier molecular flexibility index (Phi) is 26.1.